The fourth-order valence-electron chi connectivity index (χ4n) is 1.62. The molecule has 0 fully saturated rings. The average Bonchev–Trinajstić information content (AvgIpc) is 2.94. The Morgan fingerprint density at radius 3 is 2.68 bits per heavy atom. The monoisotopic (exact) mass is 334 g/mol. The van der Waals surface area contributed by atoms with E-state index in [-0.39, 0.29) is 0 Å². The fraction of sp³-hybridized carbons (Fsp3) is 0.133. The second-order valence-electron chi connectivity index (χ2n) is 4.30. The van der Waals surface area contributed by atoms with Crippen LogP contribution in [0.1, 0.15) is 22.2 Å². The van der Waals surface area contributed by atoms with E-state index in [1.807, 2.05) is 6.07 Å². The molecule has 5 nitrogen and oxygen atoms in total. The zero-order valence-corrected chi connectivity index (χ0v) is 13.1. The Balaban J connectivity index is 2.01. The summed E-state index contributed by atoms with van der Waals surface area (Å²) in [4.78, 5) is 24.2. The maximum absolute atomic E-state index is 12.0. The van der Waals surface area contributed by atoms with Crippen molar-refractivity contribution in [2.24, 2.45) is 0 Å². The molecule has 0 aliphatic carbocycles. The zero-order chi connectivity index (χ0) is 16.1. The van der Waals surface area contributed by atoms with E-state index >= 15 is 0 Å². The van der Waals surface area contributed by atoms with Gasteiger partial charge in [-0.2, -0.15) is 5.26 Å². The molecule has 2 aromatic rings. The van der Waals surface area contributed by atoms with Crippen molar-refractivity contribution in [2.75, 3.05) is 5.32 Å². The maximum atomic E-state index is 12.0. The van der Waals surface area contributed by atoms with E-state index in [0.29, 0.717) is 20.5 Å². The van der Waals surface area contributed by atoms with E-state index in [1.165, 1.54) is 13.0 Å². The Kier molecular flexibility index (Phi) is 5.15. The van der Waals surface area contributed by atoms with Crippen LogP contribution in [0.25, 0.3) is 0 Å². The molecular formula is C15H11ClN2O3S. The number of carbonyl (C=O) groups is 2. The summed E-state index contributed by atoms with van der Waals surface area (Å²) in [5.41, 5.74) is 0.705. The largest absolute Gasteiger partial charge is 0.448 e. The summed E-state index contributed by atoms with van der Waals surface area (Å²) in [5.74, 6) is -1.13. The van der Waals surface area contributed by atoms with Crippen molar-refractivity contribution in [3.63, 3.8) is 0 Å². The number of rotatable bonds is 4. The highest BCUT2D eigenvalue weighted by Crippen LogP contribution is 2.22. The summed E-state index contributed by atoms with van der Waals surface area (Å²) in [5, 5.41) is 11.5. The van der Waals surface area contributed by atoms with Crippen molar-refractivity contribution >= 4 is 40.5 Å². The number of hydrogen-bond donors (Lipinski definition) is 1. The molecule has 1 N–H and O–H groups in total. The van der Waals surface area contributed by atoms with Crippen molar-refractivity contribution in [3.05, 3.63) is 51.2 Å². The number of anilines is 1. The SMILES string of the molecule is C[C@H](OC(=O)c1ccc(Cl)s1)C(=O)Nc1ccccc1C#N. The first-order valence-electron chi connectivity index (χ1n) is 6.27. The summed E-state index contributed by atoms with van der Waals surface area (Å²) in [6, 6.07) is 11.7. The number of ether oxygens (including phenoxy) is 1. The van der Waals surface area contributed by atoms with E-state index in [2.05, 4.69) is 5.32 Å². The number of thiophene rings is 1. The first-order chi connectivity index (χ1) is 10.5. The number of para-hydroxylation sites is 1. The van der Waals surface area contributed by atoms with Gasteiger partial charge in [0.2, 0.25) is 0 Å². The molecule has 22 heavy (non-hydrogen) atoms. The van der Waals surface area contributed by atoms with Gasteiger partial charge in [-0.15, -0.1) is 11.3 Å². The summed E-state index contributed by atoms with van der Waals surface area (Å²) < 4.78 is 5.54. The lowest BCUT2D eigenvalue weighted by molar-refractivity contribution is -0.123. The molecule has 0 bridgehead atoms. The molecule has 1 amide bonds. The molecule has 0 radical (unpaired) electrons. The second-order valence-corrected chi connectivity index (χ2v) is 6.01. The molecule has 0 saturated carbocycles. The Bertz CT molecular complexity index is 751. The fourth-order valence-corrected chi connectivity index (χ4v) is 2.55. The van der Waals surface area contributed by atoms with Gasteiger partial charge in [0.05, 0.1) is 15.6 Å². The molecule has 0 aliphatic rings. The van der Waals surface area contributed by atoms with Gasteiger partial charge < -0.3 is 10.1 Å². The van der Waals surface area contributed by atoms with Crippen LogP contribution in [0.4, 0.5) is 5.69 Å². The minimum atomic E-state index is -1.000. The van der Waals surface area contributed by atoms with Crippen LogP contribution in [0.5, 0.6) is 0 Å². The minimum Gasteiger partial charge on any atom is -0.448 e. The maximum Gasteiger partial charge on any atom is 0.349 e. The number of nitriles is 1. The Hall–Kier alpha value is -2.36. The van der Waals surface area contributed by atoms with Crippen LogP contribution in [-0.2, 0) is 9.53 Å². The standard InChI is InChI=1S/C15H11ClN2O3S/c1-9(21-15(20)12-6-7-13(16)22-12)14(19)18-11-5-3-2-4-10(11)8-17/h2-7,9H,1H3,(H,18,19)/t9-/m0/s1. The normalized spacial score (nSPS) is 11.3. The summed E-state index contributed by atoms with van der Waals surface area (Å²) in [6.07, 6.45) is -1.000. The summed E-state index contributed by atoms with van der Waals surface area (Å²) in [7, 11) is 0. The van der Waals surface area contributed by atoms with Crippen molar-refractivity contribution < 1.29 is 14.3 Å². The predicted octanol–water partition coefficient (Wildman–Crippen LogP) is 3.46. The molecule has 2 rings (SSSR count). The van der Waals surface area contributed by atoms with Gasteiger partial charge in [-0.1, -0.05) is 23.7 Å². The van der Waals surface area contributed by atoms with E-state index in [1.54, 1.807) is 30.3 Å². The molecule has 1 atom stereocenters. The van der Waals surface area contributed by atoms with Crippen LogP contribution in [0, 0.1) is 11.3 Å². The molecule has 7 heteroatoms. The van der Waals surface area contributed by atoms with Crippen molar-refractivity contribution in [1.29, 1.82) is 5.26 Å². The molecule has 0 unspecified atom stereocenters. The van der Waals surface area contributed by atoms with E-state index in [0.717, 1.165) is 11.3 Å². The lowest BCUT2D eigenvalue weighted by Gasteiger charge is -2.13. The topological polar surface area (TPSA) is 79.2 Å². The molecule has 1 aromatic heterocycles. The number of benzene rings is 1. The number of amides is 1. The van der Waals surface area contributed by atoms with Gasteiger partial charge in [0.1, 0.15) is 10.9 Å². The molecule has 0 saturated heterocycles. The summed E-state index contributed by atoms with van der Waals surface area (Å²) in [6.45, 7) is 1.46. The quantitative estimate of drug-likeness (QED) is 0.868. The molecular weight excluding hydrogens is 324 g/mol. The van der Waals surface area contributed by atoms with Crippen LogP contribution in [0.15, 0.2) is 36.4 Å². The summed E-state index contributed by atoms with van der Waals surface area (Å²) >= 11 is 6.82. The molecule has 0 spiro atoms. The van der Waals surface area contributed by atoms with E-state index in [4.69, 9.17) is 21.6 Å². The average molecular weight is 335 g/mol. The highest BCUT2D eigenvalue weighted by Gasteiger charge is 2.20. The number of carbonyl (C=O) groups excluding carboxylic acids is 2. The van der Waals surface area contributed by atoms with Crippen LogP contribution >= 0.6 is 22.9 Å². The third kappa shape index (κ3) is 3.85. The van der Waals surface area contributed by atoms with Crippen molar-refractivity contribution in [1.82, 2.24) is 0 Å². The van der Waals surface area contributed by atoms with Gasteiger partial charge >= 0.3 is 5.97 Å². The number of nitrogens with one attached hydrogen (secondary N) is 1. The van der Waals surface area contributed by atoms with Gasteiger partial charge in [-0.3, -0.25) is 4.79 Å². The number of esters is 1. The Morgan fingerprint density at radius 2 is 2.05 bits per heavy atom. The van der Waals surface area contributed by atoms with E-state index < -0.39 is 18.0 Å². The minimum absolute atomic E-state index is 0.321. The Labute approximate surface area is 136 Å². The first kappa shape index (κ1) is 16.0. The van der Waals surface area contributed by atoms with E-state index in [9.17, 15) is 9.59 Å². The molecule has 1 heterocycles. The highest BCUT2D eigenvalue weighted by atomic mass is 35.5. The van der Waals surface area contributed by atoms with Crippen LogP contribution in [0.3, 0.4) is 0 Å². The van der Waals surface area contributed by atoms with Gasteiger partial charge in [0.15, 0.2) is 6.10 Å². The van der Waals surface area contributed by atoms with Gasteiger partial charge in [-0.05, 0) is 31.2 Å². The van der Waals surface area contributed by atoms with Gasteiger partial charge in [0, 0.05) is 0 Å². The second kappa shape index (κ2) is 7.07. The van der Waals surface area contributed by atoms with Crippen molar-refractivity contribution in [2.45, 2.75) is 13.0 Å². The van der Waals surface area contributed by atoms with Crippen LogP contribution in [0.2, 0.25) is 4.34 Å². The van der Waals surface area contributed by atoms with Gasteiger partial charge in [0.25, 0.3) is 5.91 Å². The smallest absolute Gasteiger partial charge is 0.349 e. The lowest BCUT2D eigenvalue weighted by atomic mass is 10.2. The number of hydrogen-bond acceptors (Lipinski definition) is 5. The van der Waals surface area contributed by atoms with Crippen molar-refractivity contribution in [3.8, 4) is 6.07 Å². The van der Waals surface area contributed by atoms with Crippen LogP contribution in [-0.4, -0.2) is 18.0 Å². The third-order valence-electron chi connectivity index (χ3n) is 2.73. The molecule has 112 valence electrons. The predicted molar refractivity (Wildman–Crippen MR) is 84.0 cm³/mol. The van der Waals surface area contributed by atoms with Crippen LogP contribution < -0.4 is 5.32 Å². The lowest BCUT2D eigenvalue weighted by Crippen LogP contribution is -2.30. The van der Waals surface area contributed by atoms with Gasteiger partial charge in [-0.25, -0.2) is 4.79 Å². The first-order valence-corrected chi connectivity index (χ1v) is 7.47. The highest BCUT2D eigenvalue weighted by molar-refractivity contribution is 7.17. The zero-order valence-electron chi connectivity index (χ0n) is 11.5. The molecule has 1 aromatic carbocycles. The Morgan fingerprint density at radius 1 is 1.32 bits per heavy atom. The number of nitrogens with zero attached hydrogens (tertiary/aromatic N) is 1. The third-order valence-corrected chi connectivity index (χ3v) is 3.94. The molecule has 0 aliphatic heterocycles. The number of halogens is 1.